The summed E-state index contributed by atoms with van der Waals surface area (Å²) in [5.41, 5.74) is 1.34. The average Bonchev–Trinajstić information content (AvgIpc) is 3.22. The molecule has 1 atom stereocenters. The van der Waals surface area contributed by atoms with Gasteiger partial charge in [0.25, 0.3) is 5.91 Å². The number of ether oxygens (including phenoxy) is 1. The zero-order valence-corrected chi connectivity index (χ0v) is 17.1. The highest BCUT2D eigenvalue weighted by Gasteiger charge is 2.30. The first-order valence-electron chi connectivity index (χ1n) is 9.77. The van der Waals surface area contributed by atoms with E-state index in [2.05, 4.69) is 41.9 Å². The Hall–Kier alpha value is -1.89. The van der Waals surface area contributed by atoms with Crippen molar-refractivity contribution < 1.29 is 19.3 Å². The molecule has 3 rings (SSSR count). The van der Waals surface area contributed by atoms with E-state index in [1.54, 1.807) is 23.3 Å². The molecular formula is C21H31N3O2S+2. The summed E-state index contributed by atoms with van der Waals surface area (Å²) in [6, 6.07) is 12.6. The molecule has 5 nitrogen and oxygen atoms in total. The van der Waals surface area contributed by atoms with E-state index in [1.807, 2.05) is 12.1 Å². The summed E-state index contributed by atoms with van der Waals surface area (Å²) in [6.45, 7) is 8.13. The smallest absolute Gasteiger partial charge is 0.278 e. The Morgan fingerprint density at radius 3 is 2.56 bits per heavy atom. The van der Waals surface area contributed by atoms with Gasteiger partial charge >= 0.3 is 0 Å². The quantitative estimate of drug-likeness (QED) is 0.585. The molecule has 1 aliphatic heterocycles. The number of methoxy groups -OCH3 is 1. The second-order valence-corrected chi connectivity index (χ2v) is 8.31. The molecule has 3 N–H and O–H groups in total. The predicted molar refractivity (Wildman–Crippen MR) is 109 cm³/mol. The number of rotatable bonds is 8. The molecule has 0 aliphatic carbocycles. The van der Waals surface area contributed by atoms with Crippen molar-refractivity contribution in [1.29, 1.82) is 0 Å². The summed E-state index contributed by atoms with van der Waals surface area (Å²) in [6.07, 6.45) is 0.922. The van der Waals surface area contributed by atoms with Crippen LogP contribution in [0.15, 0.2) is 41.8 Å². The number of carbonyl (C=O) groups excluding carboxylic acids is 1. The van der Waals surface area contributed by atoms with Crippen molar-refractivity contribution in [3.05, 3.63) is 52.2 Å². The Morgan fingerprint density at radius 1 is 1.19 bits per heavy atom. The monoisotopic (exact) mass is 389 g/mol. The van der Waals surface area contributed by atoms with Gasteiger partial charge < -0.3 is 19.9 Å². The van der Waals surface area contributed by atoms with Gasteiger partial charge in [-0.25, -0.2) is 0 Å². The van der Waals surface area contributed by atoms with Crippen molar-refractivity contribution in [1.82, 2.24) is 5.32 Å². The standard InChI is InChI=1S/C21H29N3O2S/c1-17(21(25)22-10-9-20-4-3-15-27-20)24-13-11-23(12-14-24)16-18-5-7-19(26-2)8-6-18/h3-8,15,17H,9-14,16H2,1-2H3,(H,22,25)/p+2/t17-/m0/s1. The number of hydrogen-bond acceptors (Lipinski definition) is 3. The van der Waals surface area contributed by atoms with Crippen LogP contribution in [0.5, 0.6) is 5.75 Å². The fourth-order valence-corrected chi connectivity index (χ4v) is 4.38. The number of piperazine rings is 1. The van der Waals surface area contributed by atoms with Gasteiger partial charge in [-0.2, -0.15) is 0 Å². The average molecular weight is 390 g/mol. The molecule has 1 fully saturated rings. The van der Waals surface area contributed by atoms with Gasteiger partial charge in [-0.3, -0.25) is 4.79 Å². The van der Waals surface area contributed by atoms with Crippen LogP contribution in [0.2, 0.25) is 0 Å². The minimum Gasteiger partial charge on any atom is -0.497 e. The third-order valence-corrected chi connectivity index (χ3v) is 6.41. The lowest BCUT2D eigenvalue weighted by Crippen LogP contribution is -3.29. The maximum Gasteiger partial charge on any atom is 0.278 e. The first-order chi connectivity index (χ1) is 13.2. The van der Waals surface area contributed by atoms with E-state index in [0.29, 0.717) is 0 Å². The topological polar surface area (TPSA) is 47.2 Å². The minimum atomic E-state index is 0.0240. The Morgan fingerprint density at radius 2 is 1.93 bits per heavy atom. The fourth-order valence-electron chi connectivity index (χ4n) is 3.67. The van der Waals surface area contributed by atoms with Gasteiger partial charge in [0, 0.05) is 17.0 Å². The SMILES string of the molecule is COc1ccc(C[NH+]2CC[NH+]([C@@H](C)C(=O)NCCc3cccs3)CC2)cc1. The summed E-state index contributed by atoms with van der Waals surface area (Å²) in [7, 11) is 1.70. The minimum absolute atomic E-state index is 0.0240. The first kappa shape index (κ1) is 19.9. The maximum atomic E-state index is 12.5. The van der Waals surface area contributed by atoms with E-state index >= 15 is 0 Å². The number of nitrogens with one attached hydrogen (secondary N) is 3. The molecule has 1 aromatic heterocycles. The largest absolute Gasteiger partial charge is 0.497 e. The summed E-state index contributed by atoms with van der Waals surface area (Å²) in [5, 5.41) is 5.19. The predicted octanol–water partition coefficient (Wildman–Crippen LogP) is -0.212. The molecule has 0 spiro atoms. The fraction of sp³-hybridized carbons (Fsp3) is 0.476. The molecule has 1 aromatic carbocycles. The van der Waals surface area contributed by atoms with Crippen molar-refractivity contribution in [2.45, 2.75) is 25.9 Å². The molecule has 2 aromatic rings. The van der Waals surface area contributed by atoms with Crippen molar-refractivity contribution in [2.24, 2.45) is 0 Å². The van der Waals surface area contributed by atoms with E-state index in [9.17, 15) is 4.79 Å². The van der Waals surface area contributed by atoms with Crippen LogP contribution in [0.25, 0.3) is 0 Å². The lowest BCUT2D eigenvalue weighted by Gasteiger charge is -2.32. The Labute approximate surface area is 165 Å². The molecule has 2 heterocycles. The number of amides is 1. The molecule has 0 bridgehead atoms. The molecule has 1 saturated heterocycles. The van der Waals surface area contributed by atoms with Gasteiger partial charge in [-0.05, 0) is 49.1 Å². The summed E-state index contributed by atoms with van der Waals surface area (Å²) >= 11 is 1.75. The molecule has 1 aliphatic rings. The second-order valence-electron chi connectivity index (χ2n) is 7.28. The van der Waals surface area contributed by atoms with E-state index in [1.165, 1.54) is 15.3 Å². The third kappa shape index (κ3) is 5.79. The van der Waals surface area contributed by atoms with Gasteiger partial charge in [-0.15, -0.1) is 11.3 Å². The summed E-state index contributed by atoms with van der Waals surface area (Å²) < 4.78 is 5.22. The van der Waals surface area contributed by atoms with E-state index < -0.39 is 0 Å². The number of benzene rings is 1. The van der Waals surface area contributed by atoms with Crippen molar-refractivity contribution in [3.8, 4) is 5.75 Å². The van der Waals surface area contributed by atoms with Gasteiger partial charge in [0.1, 0.15) is 38.5 Å². The van der Waals surface area contributed by atoms with E-state index in [-0.39, 0.29) is 11.9 Å². The number of quaternary nitrogens is 2. The molecule has 6 heteroatoms. The zero-order chi connectivity index (χ0) is 19.1. The van der Waals surface area contributed by atoms with Gasteiger partial charge in [0.05, 0.1) is 7.11 Å². The van der Waals surface area contributed by atoms with Crippen molar-refractivity contribution >= 4 is 17.2 Å². The Balaban J connectivity index is 1.38. The van der Waals surface area contributed by atoms with E-state index in [0.717, 1.165) is 51.4 Å². The molecule has 0 radical (unpaired) electrons. The first-order valence-corrected chi connectivity index (χ1v) is 10.6. The van der Waals surface area contributed by atoms with Crippen molar-refractivity contribution in [3.63, 3.8) is 0 Å². The third-order valence-electron chi connectivity index (χ3n) is 5.47. The summed E-state index contributed by atoms with van der Waals surface area (Å²) in [4.78, 5) is 16.8. The van der Waals surface area contributed by atoms with Crippen LogP contribution in [-0.2, 0) is 17.8 Å². The van der Waals surface area contributed by atoms with Crippen LogP contribution in [0.3, 0.4) is 0 Å². The molecule has 1 amide bonds. The van der Waals surface area contributed by atoms with Crippen molar-refractivity contribution in [2.75, 3.05) is 39.8 Å². The molecule has 146 valence electrons. The highest BCUT2D eigenvalue weighted by atomic mass is 32.1. The highest BCUT2D eigenvalue weighted by molar-refractivity contribution is 7.09. The van der Waals surface area contributed by atoms with Gasteiger partial charge in [-0.1, -0.05) is 6.07 Å². The second kappa shape index (κ2) is 9.88. The molecular weight excluding hydrogens is 358 g/mol. The Bertz CT molecular complexity index is 695. The van der Waals surface area contributed by atoms with Crippen LogP contribution in [0.1, 0.15) is 17.4 Å². The van der Waals surface area contributed by atoms with Crippen LogP contribution >= 0.6 is 11.3 Å². The van der Waals surface area contributed by atoms with Crippen LogP contribution in [-0.4, -0.2) is 51.8 Å². The normalized spacial score (nSPS) is 20.8. The highest BCUT2D eigenvalue weighted by Crippen LogP contribution is 2.10. The van der Waals surface area contributed by atoms with E-state index in [4.69, 9.17) is 4.74 Å². The Kier molecular flexibility index (Phi) is 7.26. The van der Waals surface area contributed by atoms with Crippen LogP contribution in [0, 0.1) is 0 Å². The summed E-state index contributed by atoms with van der Waals surface area (Å²) in [5.74, 6) is 1.09. The number of carbonyl (C=O) groups is 1. The lowest BCUT2D eigenvalue weighted by atomic mass is 10.1. The van der Waals surface area contributed by atoms with Gasteiger partial charge in [0.2, 0.25) is 0 Å². The zero-order valence-electron chi connectivity index (χ0n) is 16.3. The number of thiophene rings is 1. The molecule has 0 unspecified atom stereocenters. The van der Waals surface area contributed by atoms with Crippen LogP contribution in [0.4, 0.5) is 0 Å². The molecule has 0 saturated carbocycles. The number of hydrogen-bond donors (Lipinski definition) is 3. The van der Waals surface area contributed by atoms with Crippen LogP contribution < -0.4 is 19.9 Å². The maximum absolute atomic E-state index is 12.5. The molecule has 27 heavy (non-hydrogen) atoms. The lowest BCUT2D eigenvalue weighted by molar-refractivity contribution is -1.02. The van der Waals surface area contributed by atoms with Gasteiger partial charge in [0.15, 0.2) is 6.04 Å².